The van der Waals surface area contributed by atoms with Crippen molar-refractivity contribution in [2.45, 2.75) is 18.1 Å². The Balaban J connectivity index is 1.54. The highest BCUT2D eigenvalue weighted by molar-refractivity contribution is 7.98. The first-order valence-corrected chi connectivity index (χ1v) is 9.33. The fourth-order valence-electron chi connectivity index (χ4n) is 2.74. The third-order valence-corrected chi connectivity index (χ3v) is 5.03. The number of halogens is 1. The van der Waals surface area contributed by atoms with Crippen molar-refractivity contribution in [3.05, 3.63) is 65.5 Å². The van der Waals surface area contributed by atoms with Crippen LogP contribution in [0.5, 0.6) is 0 Å². The Morgan fingerprint density at radius 3 is 2.74 bits per heavy atom. The maximum atomic E-state index is 13.2. The summed E-state index contributed by atoms with van der Waals surface area (Å²) in [5.41, 5.74) is 2.31. The molecule has 0 bridgehead atoms. The van der Waals surface area contributed by atoms with Gasteiger partial charge < -0.3 is 15.1 Å². The topological polar surface area (TPSA) is 89.2 Å². The quantitative estimate of drug-likeness (QED) is 0.673. The predicted octanol–water partition coefficient (Wildman–Crippen LogP) is 2.61. The average Bonchev–Trinajstić information content (AvgIpc) is 3.39. The van der Waals surface area contributed by atoms with Gasteiger partial charge in [0, 0.05) is 17.1 Å². The van der Waals surface area contributed by atoms with E-state index in [1.807, 2.05) is 0 Å². The van der Waals surface area contributed by atoms with Crippen molar-refractivity contribution < 1.29 is 18.4 Å². The van der Waals surface area contributed by atoms with Gasteiger partial charge in [0.1, 0.15) is 17.4 Å². The largest absolute Gasteiger partial charge is 0.467 e. The Kier molecular flexibility index (Phi) is 4.68. The van der Waals surface area contributed by atoms with Gasteiger partial charge in [0.15, 0.2) is 0 Å². The van der Waals surface area contributed by atoms with Gasteiger partial charge in [-0.1, -0.05) is 0 Å². The smallest absolute Gasteiger partial charge is 0.314 e. The van der Waals surface area contributed by atoms with Crippen LogP contribution in [0, 0.1) is 5.82 Å². The number of anilines is 1. The van der Waals surface area contributed by atoms with Gasteiger partial charge in [-0.15, -0.1) is 0 Å². The van der Waals surface area contributed by atoms with Gasteiger partial charge in [0.2, 0.25) is 0 Å². The van der Waals surface area contributed by atoms with Crippen molar-refractivity contribution in [2.24, 2.45) is 0 Å². The molecule has 3 heterocycles. The molecule has 27 heavy (non-hydrogen) atoms. The normalized spacial score (nSPS) is 12.6. The highest BCUT2D eigenvalue weighted by Crippen LogP contribution is 2.36. The minimum Gasteiger partial charge on any atom is -0.467 e. The molecular formula is C18H15FN4O3S. The Hall–Kier alpha value is -3.07. The van der Waals surface area contributed by atoms with E-state index in [4.69, 9.17) is 4.42 Å². The summed E-state index contributed by atoms with van der Waals surface area (Å²) in [6.45, 7) is 0.116. The molecule has 2 aromatic heterocycles. The highest BCUT2D eigenvalue weighted by atomic mass is 32.2. The molecule has 1 aromatic carbocycles. The van der Waals surface area contributed by atoms with E-state index in [-0.39, 0.29) is 12.4 Å². The summed E-state index contributed by atoms with van der Waals surface area (Å²) in [5.74, 6) is 0.431. The van der Waals surface area contributed by atoms with Crippen molar-refractivity contribution in [3.63, 3.8) is 0 Å². The molecule has 0 fully saturated rings. The monoisotopic (exact) mass is 386 g/mol. The van der Waals surface area contributed by atoms with E-state index >= 15 is 0 Å². The van der Waals surface area contributed by atoms with Crippen molar-refractivity contribution in [1.82, 2.24) is 15.1 Å². The van der Waals surface area contributed by atoms with Gasteiger partial charge in [0.25, 0.3) is 0 Å². The Labute approximate surface area is 157 Å². The number of hydrogen-bond donors (Lipinski definition) is 2. The lowest BCUT2D eigenvalue weighted by Crippen LogP contribution is -2.35. The van der Waals surface area contributed by atoms with E-state index in [9.17, 15) is 14.0 Å². The van der Waals surface area contributed by atoms with Gasteiger partial charge in [-0.05, 0) is 36.4 Å². The molecule has 1 aliphatic heterocycles. The summed E-state index contributed by atoms with van der Waals surface area (Å²) in [7, 11) is 0. The van der Waals surface area contributed by atoms with Gasteiger partial charge in [-0.3, -0.25) is 9.59 Å². The Morgan fingerprint density at radius 1 is 1.19 bits per heavy atom. The van der Waals surface area contributed by atoms with E-state index in [2.05, 4.69) is 15.7 Å². The molecule has 0 radical (unpaired) electrons. The molecule has 0 atom stereocenters. The van der Waals surface area contributed by atoms with Crippen LogP contribution in [0.25, 0.3) is 5.69 Å². The number of benzene rings is 1. The number of thioether (sulfide) groups is 1. The van der Waals surface area contributed by atoms with Crippen LogP contribution >= 0.6 is 11.8 Å². The first-order chi connectivity index (χ1) is 13.1. The number of carbonyl (C=O) groups is 2. The number of nitrogens with one attached hydrogen (secondary N) is 2. The SMILES string of the molecule is O=C(NCc1ccco1)C(=O)Nc1c2c(nn1-c1ccc(F)cc1)CSC2. The number of amides is 2. The molecule has 0 aliphatic carbocycles. The summed E-state index contributed by atoms with van der Waals surface area (Å²) < 4.78 is 19.9. The number of nitrogens with zero attached hydrogens (tertiary/aromatic N) is 2. The van der Waals surface area contributed by atoms with Crippen molar-refractivity contribution in [2.75, 3.05) is 5.32 Å². The lowest BCUT2D eigenvalue weighted by Gasteiger charge is -2.11. The molecule has 0 saturated heterocycles. The number of aromatic nitrogens is 2. The van der Waals surface area contributed by atoms with Crippen LogP contribution in [0.1, 0.15) is 17.0 Å². The third kappa shape index (κ3) is 3.59. The highest BCUT2D eigenvalue weighted by Gasteiger charge is 2.26. The van der Waals surface area contributed by atoms with E-state index in [0.717, 1.165) is 17.0 Å². The number of rotatable bonds is 4. The maximum Gasteiger partial charge on any atom is 0.314 e. The summed E-state index contributed by atoms with van der Waals surface area (Å²) >= 11 is 1.67. The van der Waals surface area contributed by atoms with Gasteiger partial charge >= 0.3 is 11.8 Å². The zero-order chi connectivity index (χ0) is 18.8. The standard InChI is InChI=1S/C18H15FN4O3S/c19-11-3-5-12(6-4-11)23-16(14-9-27-10-15(14)22-23)21-18(25)17(24)20-8-13-2-1-7-26-13/h1-7H,8-10H2,(H,20,24)(H,21,25). The van der Waals surface area contributed by atoms with Gasteiger partial charge in [-0.25, -0.2) is 9.07 Å². The van der Waals surface area contributed by atoms with Gasteiger partial charge in [0.05, 0.1) is 24.2 Å². The van der Waals surface area contributed by atoms with Crippen LogP contribution in [-0.2, 0) is 27.6 Å². The van der Waals surface area contributed by atoms with E-state index in [1.165, 1.54) is 23.1 Å². The summed E-state index contributed by atoms with van der Waals surface area (Å²) in [6, 6.07) is 9.17. The van der Waals surface area contributed by atoms with Crippen LogP contribution in [0.2, 0.25) is 0 Å². The van der Waals surface area contributed by atoms with E-state index in [0.29, 0.717) is 23.0 Å². The lowest BCUT2D eigenvalue weighted by atomic mass is 10.2. The van der Waals surface area contributed by atoms with Crippen LogP contribution in [-0.4, -0.2) is 21.6 Å². The van der Waals surface area contributed by atoms with Gasteiger partial charge in [-0.2, -0.15) is 16.9 Å². The van der Waals surface area contributed by atoms with Crippen LogP contribution < -0.4 is 10.6 Å². The fraction of sp³-hybridized carbons (Fsp3) is 0.167. The molecule has 9 heteroatoms. The minimum absolute atomic E-state index is 0.116. The molecule has 2 amide bonds. The molecular weight excluding hydrogens is 371 g/mol. The van der Waals surface area contributed by atoms with Crippen molar-refractivity contribution in [1.29, 1.82) is 0 Å². The van der Waals surface area contributed by atoms with Crippen molar-refractivity contribution in [3.8, 4) is 5.69 Å². The maximum absolute atomic E-state index is 13.2. The second kappa shape index (κ2) is 7.28. The molecule has 0 saturated carbocycles. The summed E-state index contributed by atoms with van der Waals surface area (Å²) in [4.78, 5) is 24.5. The molecule has 138 valence electrons. The van der Waals surface area contributed by atoms with E-state index in [1.54, 1.807) is 36.0 Å². The third-order valence-electron chi connectivity index (χ3n) is 4.06. The van der Waals surface area contributed by atoms with Crippen molar-refractivity contribution >= 4 is 29.4 Å². The number of furan rings is 1. The molecule has 0 unspecified atom stereocenters. The fourth-order valence-corrected chi connectivity index (χ4v) is 3.77. The lowest BCUT2D eigenvalue weighted by molar-refractivity contribution is -0.136. The second-order valence-electron chi connectivity index (χ2n) is 5.87. The van der Waals surface area contributed by atoms with Crippen LogP contribution in [0.4, 0.5) is 10.2 Å². The predicted molar refractivity (Wildman–Crippen MR) is 97.7 cm³/mol. The average molecular weight is 386 g/mol. The summed E-state index contributed by atoms with van der Waals surface area (Å²) in [6.07, 6.45) is 1.49. The van der Waals surface area contributed by atoms with Crippen LogP contribution in [0.15, 0.2) is 47.1 Å². The van der Waals surface area contributed by atoms with Crippen LogP contribution in [0.3, 0.4) is 0 Å². The molecule has 7 nitrogen and oxygen atoms in total. The first kappa shape index (κ1) is 17.3. The first-order valence-electron chi connectivity index (χ1n) is 8.18. The number of carbonyl (C=O) groups excluding carboxylic acids is 2. The molecule has 2 N–H and O–H groups in total. The minimum atomic E-state index is -0.801. The molecule has 0 spiro atoms. The molecule has 3 aromatic rings. The zero-order valence-corrected chi connectivity index (χ0v) is 14.9. The zero-order valence-electron chi connectivity index (χ0n) is 14.1. The number of hydrogen-bond acceptors (Lipinski definition) is 5. The molecule has 1 aliphatic rings. The number of fused-ring (bicyclic) bond motifs is 1. The second-order valence-corrected chi connectivity index (χ2v) is 6.86. The summed E-state index contributed by atoms with van der Waals surface area (Å²) in [5, 5.41) is 9.65. The molecule has 4 rings (SSSR count). The Morgan fingerprint density at radius 2 is 2.00 bits per heavy atom. The van der Waals surface area contributed by atoms with E-state index < -0.39 is 11.8 Å². The Bertz CT molecular complexity index is 983.